The summed E-state index contributed by atoms with van der Waals surface area (Å²) in [4.78, 5) is 12.4. The second-order valence-electron chi connectivity index (χ2n) is 5.22. The first-order chi connectivity index (χ1) is 10.5. The quantitative estimate of drug-likeness (QED) is 0.268. The summed E-state index contributed by atoms with van der Waals surface area (Å²) in [6, 6.07) is 2.67. The van der Waals surface area contributed by atoms with Crippen LogP contribution in [0.3, 0.4) is 0 Å². The van der Waals surface area contributed by atoms with Crippen LogP contribution in [-0.2, 0) is 6.54 Å². The normalized spacial score (nSPS) is 11.0. The third-order valence-corrected chi connectivity index (χ3v) is 3.65. The van der Waals surface area contributed by atoms with Crippen LogP contribution in [-0.4, -0.2) is 46.7 Å². The molecular formula is C15H20ClNO6. The molecule has 23 heavy (non-hydrogen) atoms. The molecule has 5 N–H and O–H groups in total. The summed E-state index contributed by atoms with van der Waals surface area (Å²) in [6.45, 7) is 2.45. The number of aliphatic hydroxyl groups excluding tert-OH is 2. The highest BCUT2D eigenvalue weighted by atomic mass is 35.5. The molecule has 1 heterocycles. The molecule has 1 aromatic carbocycles. The monoisotopic (exact) mass is 345 g/mol. The highest BCUT2D eigenvalue weighted by Gasteiger charge is 2.21. The predicted molar refractivity (Wildman–Crippen MR) is 79.1 cm³/mol. The zero-order valence-electron chi connectivity index (χ0n) is 12.7. The molecule has 0 saturated carbocycles. The van der Waals surface area contributed by atoms with Crippen LogP contribution in [0, 0.1) is 6.92 Å². The van der Waals surface area contributed by atoms with Crippen LogP contribution < -0.4 is 22.9 Å². The maximum Gasteiger partial charge on any atom is 0.336 e. The van der Waals surface area contributed by atoms with Crippen LogP contribution in [0.5, 0.6) is 11.5 Å². The molecule has 128 valence electrons. The molecule has 0 radical (unpaired) electrons. The number of benzene rings is 1. The van der Waals surface area contributed by atoms with Crippen molar-refractivity contribution in [3.63, 3.8) is 0 Å². The van der Waals surface area contributed by atoms with E-state index in [0.29, 0.717) is 24.0 Å². The van der Waals surface area contributed by atoms with Crippen LogP contribution in [0.2, 0.25) is 0 Å². The first-order valence-corrected chi connectivity index (χ1v) is 7.01. The molecule has 2 aromatic rings. The fourth-order valence-corrected chi connectivity index (χ4v) is 2.52. The van der Waals surface area contributed by atoms with E-state index < -0.39 is 5.63 Å². The topological polar surface area (TPSA) is 116 Å². The van der Waals surface area contributed by atoms with Crippen LogP contribution in [0.1, 0.15) is 11.1 Å². The molecule has 0 atom stereocenters. The fraction of sp³-hybridized carbons (Fsp3) is 0.400. The zero-order valence-corrected chi connectivity index (χ0v) is 13.4. The van der Waals surface area contributed by atoms with Crippen molar-refractivity contribution in [3.05, 3.63) is 33.7 Å². The van der Waals surface area contributed by atoms with Gasteiger partial charge < -0.3 is 42.2 Å². The van der Waals surface area contributed by atoms with E-state index in [0.717, 1.165) is 4.90 Å². The van der Waals surface area contributed by atoms with Gasteiger partial charge in [-0.05, 0) is 18.6 Å². The second-order valence-corrected chi connectivity index (χ2v) is 5.22. The lowest BCUT2D eigenvalue weighted by molar-refractivity contribution is -0.914. The number of hydrogen-bond donors (Lipinski definition) is 5. The van der Waals surface area contributed by atoms with Crippen molar-refractivity contribution in [1.82, 2.24) is 0 Å². The molecule has 0 fully saturated rings. The van der Waals surface area contributed by atoms with Crippen molar-refractivity contribution in [3.8, 4) is 11.5 Å². The number of hydrogen-bond acceptors (Lipinski definition) is 6. The molecule has 0 spiro atoms. The lowest BCUT2D eigenvalue weighted by Gasteiger charge is -2.19. The van der Waals surface area contributed by atoms with Gasteiger partial charge in [0.15, 0.2) is 17.1 Å². The minimum atomic E-state index is -0.540. The highest BCUT2D eigenvalue weighted by Crippen LogP contribution is 2.35. The van der Waals surface area contributed by atoms with E-state index in [1.165, 1.54) is 12.1 Å². The zero-order chi connectivity index (χ0) is 16.3. The Labute approximate surface area is 138 Å². The first kappa shape index (κ1) is 19.2. The average molecular weight is 346 g/mol. The lowest BCUT2D eigenvalue weighted by Crippen LogP contribution is -3.11. The number of phenols is 2. The summed E-state index contributed by atoms with van der Waals surface area (Å²) in [5.41, 5.74) is 0.595. The van der Waals surface area contributed by atoms with E-state index in [4.69, 9.17) is 14.6 Å². The third-order valence-electron chi connectivity index (χ3n) is 3.65. The first-order valence-electron chi connectivity index (χ1n) is 7.01. The summed E-state index contributed by atoms with van der Waals surface area (Å²) in [7, 11) is 0. The van der Waals surface area contributed by atoms with Gasteiger partial charge in [-0.2, -0.15) is 0 Å². The molecule has 0 aliphatic carbocycles. The number of phenolic OH excluding ortho intramolecular Hbond substituents is 2. The van der Waals surface area contributed by atoms with Crippen LogP contribution in [0.4, 0.5) is 0 Å². The molecule has 0 bridgehead atoms. The van der Waals surface area contributed by atoms with Crippen molar-refractivity contribution in [1.29, 1.82) is 0 Å². The summed E-state index contributed by atoms with van der Waals surface area (Å²) in [5.74, 6) is -0.651. The maximum absolute atomic E-state index is 11.6. The van der Waals surface area contributed by atoms with Crippen molar-refractivity contribution < 1.29 is 42.2 Å². The molecular weight excluding hydrogens is 326 g/mol. The molecule has 7 nitrogen and oxygen atoms in total. The molecule has 0 aliphatic heterocycles. The van der Waals surface area contributed by atoms with Crippen LogP contribution in [0.25, 0.3) is 11.0 Å². The van der Waals surface area contributed by atoms with Crippen molar-refractivity contribution >= 4 is 11.0 Å². The summed E-state index contributed by atoms with van der Waals surface area (Å²) in [6.07, 6.45) is 0. The van der Waals surface area contributed by atoms with Gasteiger partial charge in [-0.1, -0.05) is 0 Å². The van der Waals surface area contributed by atoms with E-state index in [9.17, 15) is 15.0 Å². The number of aryl methyl sites for hydroxylation is 1. The molecule has 0 unspecified atom stereocenters. The van der Waals surface area contributed by atoms with E-state index in [2.05, 4.69) is 0 Å². The number of fused-ring (bicyclic) bond motifs is 1. The molecule has 0 saturated heterocycles. The standard InChI is InChI=1S/C15H19NO6.ClH/c1-9-6-13(20)22-15-10(9)7-12(19)14(21)11(15)8-16(2-4-17)3-5-18;/h6-7,17-19,21H,2-5,8H2,1H3;1H. The lowest BCUT2D eigenvalue weighted by atomic mass is 10.0. The van der Waals surface area contributed by atoms with Crippen LogP contribution in [0.15, 0.2) is 21.3 Å². The van der Waals surface area contributed by atoms with Gasteiger partial charge in [0.25, 0.3) is 0 Å². The Hall–Kier alpha value is -1.80. The van der Waals surface area contributed by atoms with Gasteiger partial charge in [-0.25, -0.2) is 4.79 Å². The number of nitrogens with one attached hydrogen (secondary N) is 1. The van der Waals surface area contributed by atoms with Gasteiger partial charge in [0.1, 0.15) is 19.6 Å². The summed E-state index contributed by atoms with van der Waals surface area (Å²) < 4.78 is 5.20. The van der Waals surface area contributed by atoms with E-state index in [1.54, 1.807) is 6.92 Å². The molecule has 2 rings (SSSR count). The number of rotatable bonds is 6. The largest absolute Gasteiger partial charge is 1.00 e. The Morgan fingerprint density at radius 3 is 2.30 bits per heavy atom. The van der Waals surface area contributed by atoms with E-state index >= 15 is 0 Å². The minimum absolute atomic E-state index is 0. The molecule has 0 amide bonds. The average Bonchev–Trinajstić information content (AvgIpc) is 2.45. The Balaban J connectivity index is 0.00000264. The molecule has 1 aromatic heterocycles. The van der Waals surface area contributed by atoms with Gasteiger partial charge in [-0.3, -0.25) is 0 Å². The second kappa shape index (κ2) is 8.16. The Bertz CT molecular complexity index is 724. The SMILES string of the molecule is Cc1cc(=O)oc2c(C[NH+](CCO)CCO)c(O)c(O)cc12.[Cl-]. The Morgan fingerprint density at radius 2 is 1.74 bits per heavy atom. The Morgan fingerprint density at radius 1 is 1.13 bits per heavy atom. The number of aromatic hydroxyl groups is 2. The fourth-order valence-electron chi connectivity index (χ4n) is 2.52. The van der Waals surface area contributed by atoms with E-state index in [-0.39, 0.29) is 54.8 Å². The third kappa shape index (κ3) is 4.14. The van der Waals surface area contributed by atoms with Gasteiger partial charge in [0, 0.05) is 11.5 Å². The van der Waals surface area contributed by atoms with Crippen molar-refractivity contribution in [2.75, 3.05) is 26.3 Å². The van der Waals surface area contributed by atoms with Gasteiger partial charge >= 0.3 is 5.63 Å². The summed E-state index contributed by atoms with van der Waals surface area (Å²) >= 11 is 0. The van der Waals surface area contributed by atoms with Crippen molar-refractivity contribution in [2.45, 2.75) is 13.5 Å². The molecule has 8 heteroatoms. The summed E-state index contributed by atoms with van der Waals surface area (Å²) in [5, 5.41) is 38.7. The highest BCUT2D eigenvalue weighted by molar-refractivity contribution is 5.87. The minimum Gasteiger partial charge on any atom is -1.00 e. The number of halogens is 1. The predicted octanol–water partition coefficient (Wildman–Crippen LogP) is -4.11. The Kier molecular flexibility index (Phi) is 6.83. The maximum atomic E-state index is 11.6. The van der Waals surface area contributed by atoms with Crippen LogP contribution >= 0.6 is 0 Å². The van der Waals surface area contributed by atoms with Crippen molar-refractivity contribution in [2.24, 2.45) is 0 Å². The smallest absolute Gasteiger partial charge is 0.336 e. The molecule has 0 aliphatic rings. The number of quaternary nitrogens is 1. The van der Waals surface area contributed by atoms with Gasteiger partial charge in [0.2, 0.25) is 0 Å². The van der Waals surface area contributed by atoms with Gasteiger partial charge in [0.05, 0.1) is 18.8 Å². The number of aliphatic hydroxyl groups is 2. The van der Waals surface area contributed by atoms with Gasteiger partial charge in [-0.15, -0.1) is 0 Å². The van der Waals surface area contributed by atoms with E-state index in [1.807, 2.05) is 0 Å².